The number of hydrogen-bond donors (Lipinski definition) is 0. The van der Waals surface area contributed by atoms with Gasteiger partial charge in [0.1, 0.15) is 11.3 Å². The van der Waals surface area contributed by atoms with Gasteiger partial charge in [0, 0.05) is 16.7 Å². The lowest BCUT2D eigenvalue weighted by molar-refractivity contribution is -0.121. The summed E-state index contributed by atoms with van der Waals surface area (Å²) < 4.78 is 10.3. The van der Waals surface area contributed by atoms with Gasteiger partial charge in [0.25, 0.3) is 5.91 Å². The summed E-state index contributed by atoms with van der Waals surface area (Å²) in [7, 11) is 0. The van der Waals surface area contributed by atoms with Crippen molar-refractivity contribution in [2.45, 2.75) is 30.4 Å². The highest BCUT2D eigenvalue weighted by Gasteiger charge is 2.25. The fourth-order valence-electron chi connectivity index (χ4n) is 2.63. The Balaban J connectivity index is 1.71. The van der Waals surface area contributed by atoms with Gasteiger partial charge in [-0.1, -0.05) is 19.1 Å². The van der Waals surface area contributed by atoms with E-state index in [1.165, 1.54) is 6.26 Å². The van der Waals surface area contributed by atoms with Crippen molar-refractivity contribution in [3.63, 3.8) is 0 Å². The van der Waals surface area contributed by atoms with Crippen molar-refractivity contribution in [1.82, 2.24) is 0 Å². The first-order valence-corrected chi connectivity index (χ1v) is 8.71. The Morgan fingerprint density at radius 1 is 1.33 bits per heavy atom. The molecule has 1 atom stereocenters. The molecule has 0 fully saturated rings. The summed E-state index contributed by atoms with van der Waals surface area (Å²) in [6.45, 7) is 4.17. The Labute approximate surface area is 145 Å². The van der Waals surface area contributed by atoms with Crippen molar-refractivity contribution in [3.8, 4) is 0 Å². The van der Waals surface area contributed by atoms with E-state index in [1.54, 1.807) is 29.7 Å². The van der Waals surface area contributed by atoms with E-state index in [1.807, 2.05) is 24.3 Å². The van der Waals surface area contributed by atoms with Gasteiger partial charge in [0.15, 0.2) is 6.61 Å². The first-order valence-electron chi connectivity index (χ1n) is 7.83. The molecule has 6 heteroatoms. The number of aryl methyl sites for hydroxylation is 1. The molecular formula is C18H19NO4S. The van der Waals surface area contributed by atoms with Crippen LogP contribution in [0.3, 0.4) is 0 Å². The number of thioether (sulfide) groups is 1. The molecule has 1 aliphatic rings. The maximum atomic E-state index is 12.6. The zero-order valence-electron chi connectivity index (χ0n) is 13.7. The molecule has 0 N–H and O–H groups in total. The van der Waals surface area contributed by atoms with Crippen LogP contribution in [0.5, 0.6) is 0 Å². The van der Waals surface area contributed by atoms with Crippen molar-refractivity contribution >= 4 is 29.3 Å². The third kappa shape index (κ3) is 3.48. The monoisotopic (exact) mass is 345 g/mol. The van der Waals surface area contributed by atoms with Crippen molar-refractivity contribution in [2.24, 2.45) is 0 Å². The Morgan fingerprint density at radius 2 is 2.12 bits per heavy atom. The second-order valence-electron chi connectivity index (χ2n) is 5.70. The lowest BCUT2D eigenvalue weighted by atomic mass is 10.2. The van der Waals surface area contributed by atoms with Crippen LogP contribution in [0.25, 0.3) is 0 Å². The highest BCUT2D eigenvalue weighted by molar-refractivity contribution is 8.00. The van der Waals surface area contributed by atoms with Gasteiger partial charge >= 0.3 is 5.97 Å². The smallest absolute Gasteiger partial charge is 0.342 e. The number of fused-ring (bicyclic) bond motifs is 1. The van der Waals surface area contributed by atoms with E-state index < -0.39 is 5.97 Å². The zero-order chi connectivity index (χ0) is 17.1. The second-order valence-corrected chi connectivity index (χ2v) is 7.18. The van der Waals surface area contributed by atoms with Crippen LogP contribution in [0, 0.1) is 6.92 Å². The zero-order valence-corrected chi connectivity index (χ0v) is 14.5. The van der Waals surface area contributed by atoms with Crippen molar-refractivity contribution in [3.05, 3.63) is 47.9 Å². The normalized spacial score (nSPS) is 17.1. The summed E-state index contributed by atoms with van der Waals surface area (Å²) in [6, 6.07) is 9.37. The van der Waals surface area contributed by atoms with Gasteiger partial charge in [-0.05, 0) is 31.5 Å². The third-order valence-electron chi connectivity index (χ3n) is 3.95. The van der Waals surface area contributed by atoms with Gasteiger partial charge < -0.3 is 14.1 Å². The average Bonchev–Trinajstić information content (AvgIpc) is 2.92. The van der Waals surface area contributed by atoms with E-state index in [2.05, 4.69) is 6.92 Å². The van der Waals surface area contributed by atoms with Crippen LogP contribution < -0.4 is 4.90 Å². The minimum atomic E-state index is -0.541. The molecule has 0 bridgehead atoms. The topological polar surface area (TPSA) is 59.8 Å². The number of ether oxygens (including phenoxy) is 1. The van der Waals surface area contributed by atoms with Gasteiger partial charge in [-0.25, -0.2) is 4.79 Å². The quantitative estimate of drug-likeness (QED) is 0.795. The number of para-hydroxylation sites is 1. The molecule has 24 heavy (non-hydrogen) atoms. The minimum absolute atomic E-state index is 0.216. The van der Waals surface area contributed by atoms with Crippen LogP contribution in [0.15, 0.2) is 45.9 Å². The van der Waals surface area contributed by atoms with E-state index in [-0.39, 0.29) is 12.5 Å². The molecule has 0 aliphatic carbocycles. The first-order chi connectivity index (χ1) is 11.6. The number of carbonyl (C=O) groups excluding carboxylic acids is 2. The second kappa shape index (κ2) is 7.13. The fourth-order valence-corrected chi connectivity index (χ4v) is 3.74. The lowest BCUT2D eigenvalue weighted by Gasteiger charge is -2.22. The van der Waals surface area contributed by atoms with E-state index >= 15 is 0 Å². The Morgan fingerprint density at radius 3 is 2.88 bits per heavy atom. The van der Waals surface area contributed by atoms with Gasteiger partial charge in [0.2, 0.25) is 0 Å². The Bertz CT molecular complexity index is 755. The number of carbonyl (C=O) groups is 2. The molecule has 0 spiro atoms. The first kappa shape index (κ1) is 16.6. The number of benzene rings is 1. The molecule has 1 aromatic carbocycles. The molecule has 0 saturated carbocycles. The fraction of sp³-hybridized carbons (Fsp3) is 0.333. The summed E-state index contributed by atoms with van der Waals surface area (Å²) in [4.78, 5) is 27.4. The summed E-state index contributed by atoms with van der Waals surface area (Å²) >= 11 is 1.76. The van der Waals surface area contributed by atoms with Crippen LogP contribution in [-0.2, 0) is 9.53 Å². The summed E-state index contributed by atoms with van der Waals surface area (Å²) in [5.74, 6) is -0.273. The van der Waals surface area contributed by atoms with Gasteiger partial charge in [-0.3, -0.25) is 4.79 Å². The summed E-state index contributed by atoms with van der Waals surface area (Å²) in [6.07, 6.45) is 2.32. The number of amides is 1. The molecule has 1 amide bonds. The SMILES string of the molecule is Cc1occc1C(=O)OCC(=O)N1CC[C@@H](C)Sc2ccccc21. The third-order valence-corrected chi connectivity index (χ3v) is 5.19. The van der Waals surface area contributed by atoms with Crippen LogP contribution in [-0.4, -0.2) is 30.3 Å². The highest BCUT2D eigenvalue weighted by atomic mass is 32.2. The van der Waals surface area contributed by atoms with Gasteiger partial charge in [-0.2, -0.15) is 0 Å². The molecule has 0 unspecified atom stereocenters. The van der Waals surface area contributed by atoms with Gasteiger partial charge in [0.05, 0.1) is 12.0 Å². The average molecular weight is 345 g/mol. The van der Waals surface area contributed by atoms with Crippen LogP contribution >= 0.6 is 11.8 Å². The molecule has 1 aromatic heterocycles. The predicted molar refractivity (Wildman–Crippen MR) is 92.5 cm³/mol. The van der Waals surface area contributed by atoms with Crippen LogP contribution in [0.2, 0.25) is 0 Å². The molecular weight excluding hydrogens is 326 g/mol. The van der Waals surface area contributed by atoms with E-state index in [9.17, 15) is 9.59 Å². The number of furan rings is 1. The maximum Gasteiger partial charge on any atom is 0.342 e. The number of rotatable bonds is 3. The van der Waals surface area contributed by atoms with E-state index in [4.69, 9.17) is 9.15 Å². The maximum absolute atomic E-state index is 12.6. The molecule has 1 aliphatic heterocycles. The highest BCUT2D eigenvalue weighted by Crippen LogP contribution is 2.37. The molecule has 5 nitrogen and oxygen atoms in total. The van der Waals surface area contributed by atoms with Crippen LogP contribution in [0.4, 0.5) is 5.69 Å². The number of esters is 1. The molecule has 126 valence electrons. The standard InChI is InChI=1S/C18H19NO4S/c1-12-7-9-19(15-5-3-4-6-16(15)24-12)17(20)11-23-18(21)14-8-10-22-13(14)2/h3-6,8,10,12H,7,9,11H2,1-2H3/t12-/m1/s1. The minimum Gasteiger partial charge on any atom is -0.469 e. The molecule has 3 rings (SSSR count). The Hall–Kier alpha value is -2.21. The number of hydrogen-bond acceptors (Lipinski definition) is 5. The van der Waals surface area contributed by atoms with E-state index in [0.29, 0.717) is 23.1 Å². The Kier molecular flexibility index (Phi) is 4.94. The molecule has 0 saturated heterocycles. The van der Waals surface area contributed by atoms with Crippen LogP contribution in [0.1, 0.15) is 29.5 Å². The van der Waals surface area contributed by atoms with Crippen molar-refractivity contribution in [2.75, 3.05) is 18.1 Å². The summed E-state index contributed by atoms with van der Waals surface area (Å²) in [5, 5.41) is 0.431. The van der Waals surface area contributed by atoms with Gasteiger partial charge in [-0.15, -0.1) is 11.8 Å². The van der Waals surface area contributed by atoms with Crippen molar-refractivity contribution < 1.29 is 18.7 Å². The van der Waals surface area contributed by atoms with Crippen molar-refractivity contribution in [1.29, 1.82) is 0 Å². The molecule has 2 aromatic rings. The number of nitrogens with zero attached hydrogens (tertiary/aromatic N) is 1. The van der Waals surface area contributed by atoms with E-state index in [0.717, 1.165) is 17.0 Å². The predicted octanol–water partition coefficient (Wildman–Crippen LogP) is 3.66. The molecule has 2 heterocycles. The summed E-state index contributed by atoms with van der Waals surface area (Å²) in [5.41, 5.74) is 1.23. The molecule has 0 radical (unpaired) electrons. The number of anilines is 1. The largest absolute Gasteiger partial charge is 0.469 e. The lowest BCUT2D eigenvalue weighted by Crippen LogP contribution is -2.35.